The van der Waals surface area contributed by atoms with E-state index in [-0.39, 0.29) is 22.0 Å². The molecule has 1 N–H and O–H groups in total. The molecule has 8 heteroatoms. The minimum atomic E-state index is -4.07. The highest BCUT2D eigenvalue weighted by Crippen LogP contribution is 2.29. The molecule has 0 spiro atoms. The number of halogens is 1. The first kappa shape index (κ1) is 20.7. The topological polar surface area (TPSA) is 83.9 Å². The number of ether oxygens (including phenoxy) is 1. The van der Waals surface area contributed by atoms with Gasteiger partial charge in [-0.3, -0.25) is 4.31 Å². The normalized spacial score (nSPS) is 11.1. The predicted octanol–water partition coefficient (Wildman–Crippen LogP) is 4.44. The van der Waals surface area contributed by atoms with Crippen LogP contribution in [-0.2, 0) is 16.6 Å². The molecule has 0 aliphatic carbocycles. The van der Waals surface area contributed by atoms with Crippen molar-refractivity contribution in [3.05, 3.63) is 88.9 Å². The van der Waals surface area contributed by atoms with E-state index in [2.05, 4.69) is 0 Å². The Morgan fingerprint density at radius 2 is 1.69 bits per heavy atom. The number of carbonyl (C=O) groups is 1. The summed E-state index contributed by atoms with van der Waals surface area (Å²) >= 11 is 5.90. The number of sulfonamides is 1. The molecule has 0 atom stereocenters. The van der Waals surface area contributed by atoms with Crippen LogP contribution in [0.5, 0.6) is 5.75 Å². The van der Waals surface area contributed by atoms with Gasteiger partial charge in [0.25, 0.3) is 10.0 Å². The molecule has 150 valence electrons. The second kappa shape index (κ2) is 8.55. The Kier molecular flexibility index (Phi) is 6.10. The van der Waals surface area contributed by atoms with Gasteiger partial charge >= 0.3 is 5.97 Å². The quantitative estimate of drug-likeness (QED) is 0.597. The third kappa shape index (κ3) is 4.52. The van der Waals surface area contributed by atoms with Gasteiger partial charge in [-0.2, -0.15) is 0 Å². The van der Waals surface area contributed by atoms with Gasteiger partial charge in [-0.25, -0.2) is 13.2 Å². The second-order valence-corrected chi connectivity index (χ2v) is 8.41. The Balaban J connectivity index is 2.11. The van der Waals surface area contributed by atoms with Gasteiger partial charge < -0.3 is 9.84 Å². The monoisotopic (exact) mass is 431 g/mol. The minimum absolute atomic E-state index is 0.0319. The molecule has 3 aromatic rings. The van der Waals surface area contributed by atoms with Crippen molar-refractivity contribution >= 4 is 33.3 Å². The van der Waals surface area contributed by atoms with Gasteiger partial charge in [0, 0.05) is 0 Å². The number of rotatable bonds is 7. The summed E-state index contributed by atoms with van der Waals surface area (Å²) in [6, 6.07) is 19.3. The fourth-order valence-electron chi connectivity index (χ4n) is 2.77. The summed E-state index contributed by atoms with van der Waals surface area (Å²) in [5.74, 6) is -0.712. The maximum absolute atomic E-state index is 13.4. The summed E-state index contributed by atoms with van der Waals surface area (Å²) in [6.07, 6.45) is 0. The van der Waals surface area contributed by atoms with E-state index < -0.39 is 16.0 Å². The third-order valence-electron chi connectivity index (χ3n) is 4.29. The van der Waals surface area contributed by atoms with Crippen LogP contribution in [0, 0.1) is 0 Å². The molecule has 0 radical (unpaired) electrons. The largest absolute Gasteiger partial charge is 0.497 e. The first-order valence-electron chi connectivity index (χ1n) is 8.56. The number of carboxylic acid groups (broad SMARTS) is 1. The SMILES string of the molecule is COc1ccc(N(Cc2ccccc2)S(=O)(=O)c2ccc(Cl)c(C(=O)O)c2)cc1. The summed E-state index contributed by atoms with van der Waals surface area (Å²) in [4.78, 5) is 11.2. The molecule has 0 amide bonds. The van der Waals surface area contributed by atoms with Gasteiger partial charge in [-0.05, 0) is 48.0 Å². The van der Waals surface area contributed by atoms with Crippen molar-refractivity contribution in [3.8, 4) is 5.75 Å². The van der Waals surface area contributed by atoms with E-state index >= 15 is 0 Å². The minimum Gasteiger partial charge on any atom is -0.497 e. The van der Waals surface area contributed by atoms with Crippen LogP contribution < -0.4 is 9.04 Å². The average molecular weight is 432 g/mol. The molecule has 0 aliphatic rings. The highest BCUT2D eigenvalue weighted by Gasteiger charge is 2.27. The van der Waals surface area contributed by atoms with Crippen LogP contribution in [0.1, 0.15) is 15.9 Å². The molecule has 29 heavy (non-hydrogen) atoms. The van der Waals surface area contributed by atoms with Crippen molar-refractivity contribution in [3.63, 3.8) is 0 Å². The average Bonchev–Trinajstić information content (AvgIpc) is 2.72. The Morgan fingerprint density at radius 1 is 1.03 bits per heavy atom. The standard InChI is InChI=1S/C21H18ClNO5S/c1-28-17-9-7-16(8-10-17)23(14-15-5-3-2-4-6-15)29(26,27)18-11-12-20(22)19(13-18)21(24)25/h2-13H,14H2,1H3,(H,24,25). The van der Waals surface area contributed by atoms with Crippen LogP contribution in [0.4, 0.5) is 5.69 Å². The first-order valence-corrected chi connectivity index (χ1v) is 10.4. The molecule has 3 rings (SSSR count). The zero-order valence-electron chi connectivity index (χ0n) is 15.4. The maximum atomic E-state index is 13.4. The molecule has 0 saturated heterocycles. The lowest BCUT2D eigenvalue weighted by molar-refractivity contribution is 0.0697. The van der Waals surface area contributed by atoms with Crippen molar-refractivity contribution in [1.82, 2.24) is 0 Å². The van der Waals surface area contributed by atoms with E-state index in [1.54, 1.807) is 24.3 Å². The van der Waals surface area contributed by atoms with Gasteiger partial charge in [-0.1, -0.05) is 41.9 Å². The summed E-state index contributed by atoms with van der Waals surface area (Å²) < 4.78 is 33.2. The van der Waals surface area contributed by atoms with E-state index in [0.717, 1.165) is 11.6 Å². The van der Waals surface area contributed by atoms with Crippen molar-refractivity contribution in [2.45, 2.75) is 11.4 Å². The van der Waals surface area contributed by atoms with Gasteiger partial charge in [0.2, 0.25) is 0 Å². The van der Waals surface area contributed by atoms with Crippen molar-refractivity contribution < 1.29 is 23.1 Å². The molecule has 6 nitrogen and oxygen atoms in total. The number of anilines is 1. The van der Waals surface area contributed by atoms with Gasteiger partial charge in [-0.15, -0.1) is 0 Å². The molecule has 0 bridgehead atoms. The van der Waals surface area contributed by atoms with Crippen LogP contribution in [-0.4, -0.2) is 26.6 Å². The number of hydrogen-bond acceptors (Lipinski definition) is 4. The second-order valence-electron chi connectivity index (χ2n) is 6.14. The van der Waals surface area contributed by atoms with Crippen LogP contribution in [0.15, 0.2) is 77.7 Å². The van der Waals surface area contributed by atoms with Crippen molar-refractivity contribution in [2.24, 2.45) is 0 Å². The van der Waals surface area contributed by atoms with Crippen LogP contribution in [0.2, 0.25) is 5.02 Å². The zero-order chi connectivity index (χ0) is 21.0. The first-order chi connectivity index (χ1) is 13.8. The summed E-state index contributed by atoms with van der Waals surface area (Å²) in [5.41, 5.74) is 0.919. The molecule has 0 saturated carbocycles. The Labute approximate surface area is 174 Å². The number of hydrogen-bond donors (Lipinski definition) is 1. The van der Waals surface area contributed by atoms with E-state index in [1.165, 1.54) is 23.5 Å². The molecule has 3 aromatic carbocycles. The van der Waals surface area contributed by atoms with Gasteiger partial charge in [0.1, 0.15) is 5.75 Å². The number of carboxylic acids is 1. The summed E-state index contributed by atoms with van der Waals surface area (Å²) in [6.45, 7) is 0.0700. The van der Waals surface area contributed by atoms with Crippen molar-refractivity contribution in [1.29, 1.82) is 0 Å². The Morgan fingerprint density at radius 3 is 2.28 bits per heavy atom. The zero-order valence-corrected chi connectivity index (χ0v) is 17.0. The Bertz CT molecular complexity index is 1120. The lowest BCUT2D eigenvalue weighted by atomic mass is 10.2. The van der Waals surface area contributed by atoms with Gasteiger partial charge in [0.05, 0.1) is 34.8 Å². The van der Waals surface area contributed by atoms with Crippen LogP contribution >= 0.6 is 11.6 Å². The van der Waals surface area contributed by atoms with E-state index in [0.29, 0.717) is 11.4 Å². The van der Waals surface area contributed by atoms with Crippen LogP contribution in [0.25, 0.3) is 0 Å². The molecule has 0 fully saturated rings. The van der Waals surface area contributed by atoms with E-state index in [9.17, 15) is 18.3 Å². The number of aromatic carboxylic acids is 1. The predicted molar refractivity (Wildman–Crippen MR) is 111 cm³/mol. The molecule has 0 aromatic heterocycles. The van der Waals surface area contributed by atoms with Crippen LogP contribution in [0.3, 0.4) is 0 Å². The Hall–Kier alpha value is -3.03. The molecule has 0 heterocycles. The molecular formula is C21H18ClNO5S. The molecular weight excluding hydrogens is 414 g/mol. The van der Waals surface area contributed by atoms with E-state index in [4.69, 9.17) is 16.3 Å². The summed E-state index contributed by atoms with van der Waals surface area (Å²) in [5, 5.41) is 9.27. The lowest BCUT2D eigenvalue weighted by Gasteiger charge is -2.25. The lowest BCUT2D eigenvalue weighted by Crippen LogP contribution is -2.30. The van der Waals surface area contributed by atoms with E-state index in [1.807, 2.05) is 30.3 Å². The number of methoxy groups -OCH3 is 1. The van der Waals surface area contributed by atoms with Crippen molar-refractivity contribution in [2.75, 3.05) is 11.4 Å². The fraction of sp³-hybridized carbons (Fsp3) is 0.0952. The highest BCUT2D eigenvalue weighted by atomic mass is 35.5. The fourth-order valence-corrected chi connectivity index (χ4v) is 4.45. The number of nitrogens with zero attached hydrogens (tertiary/aromatic N) is 1. The molecule has 0 unspecified atom stereocenters. The third-order valence-corrected chi connectivity index (χ3v) is 6.39. The summed E-state index contributed by atoms with van der Waals surface area (Å²) in [7, 11) is -2.55. The molecule has 0 aliphatic heterocycles. The smallest absolute Gasteiger partial charge is 0.337 e. The van der Waals surface area contributed by atoms with Gasteiger partial charge in [0.15, 0.2) is 0 Å². The maximum Gasteiger partial charge on any atom is 0.337 e. The number of benzene rings is 3. The highest BCUT2D eigenvalue weighted by molar-refractivity contribution is 7.92.